The van der Waals surface area contributed by atoms with Crippen LogP contribution >= 0.6 is 11.6 Å². The van der Waals surface area contributed by atoms with Gasteiger partial charge in [0.1, 0.15) is 23.4 Å². The fourth-order valence-electron chi connectivity index (χ4n) is 2.71. The van der Waals surface area contributed by atoms with Gasteiger partial charge < -0.3 is 9.40 Å². The van der Waals surface area contributed by atoms with E-state index >= 15 is 0 Å². The molecule has 2 aromatic heterocycles. The van der Waals surface area contributed by atoms with Gasteiger partial charge in [0, 0.05) is 16.7 Å². The van der Waals surface area contributed by atoms with Crippen LogP contribution in [-0.4, -0.2) is 9.97 Å². The number of fused-ring (bicyclic) bond motifs is 1. The number of hydrogen-bond donors (Lipinski definition) is 1. The molecule has 0 spiro atoms. The first-order chi connectivity index (χ1) is 12.6. The molecular formula is C21H14ClN3O. The number of aryl methyl sites for hydroxylation is 1. The van der Waals surface area contributed by atoms with Gasteiger partial charge in [-0.2, -0.15) is 5.26 Å². The maximum atomic E-state index is 9.52. The molecule has 0 saturated carbocycles. The van der Waals surface area contributed by atoms with Crippen LogP contribution in [0.4, 0.5) is 0 Å². The molecule has 4 aromatic rings. The van der Waals surface area contributed by atoms with Gasteiger partial charge in [0.25, 0.3) is 0 Å². The zero-order valence-corrected chi connectivity index (χ0v) is 14.7. The highest BCUT2D eigenvalue weighted by Crippen LogP contribution is 2.28. The Morgan fingerprint density at radius 3 is 2.81 bits per heavy atom. The molecule has 0 saturated heterocycles. The first kappa shape index (κ1) is 16.2. The molecule has 0 aliphatic heterocycles. The third kappa shape index (κ3) is 3.01. The molecule has 1 N–H and O–H groups in total. The Morgan fingerprint density at radius 2 is 2.04 bits per heavy atom. The van der Waals surface area contributed by atoms with Crippen molar-refractivity contribution >= 4 is 34.3 Å². The molecule has 0 unspecified atom stereocenters. The van der Waals surface area contributed by atoms with Crippen molar-refractivity contribution in [1.82, 2.24) is 9.97 Å². The monoisotopic (exact) mass is 359 g/mol. The summed E-state index contributed by atoms with van der Waals surface area (Å²) >= 11 is 6.19. The van der Waals surface area contributed by atoms with Gasteiger partial charge in [0.2, 0.25) is 0 Å². The number of aromatic nitrogens is 2. The lowest BCUT2D eigenvalue weighted by Gasteiger charge is -2.00. The molecule has 5 heteroatoms. The van der Waals surface area contributed by atoms with E-state index in [1.807, 2.05) is 61.5 Å². The number of furan rings is 1. The van der Waals surface area contributed by atoms with Crippen molar-refractivity contribution in [3.05, 3.63) is 76.8 Å². The number of allylic oxidation sites excluding steroid dienone is 1. The van der Waals surface area contributed by atoms with Crippen LogP contribution in [0.3, 0.4) is 0 Å². The highest BCUT2D eigenvalue weighted by molar-refractivity contribution is 6.31. The number of H-pyrrole nitrogens is 1. The Balaban J connectivity index is 1.69. The van der Waals surface area contributed by atoms with Crippen molar-refractivity contribution < 1.29 is 4.42 Å². The number of nitriles is 1. The Kier molecular flexibility index (Phi) is 4.08. The molecule has 0 fully saturated rings. The molecule has 126 valence electrons. The Labute approximate surface area is 155 Å². The van der Waals surface area contributed by atoms with E-state index < -0.39 is 0 Å². The third-order valence-electron chi connectivity index (χ3n) is 4.13. The number of imidazole rings is 1. The number of benzene rings is 2. The lowest BCUT2D eigenvalue weighted by molar-refractivity contribution is 0.572. The zero-order valence-electron chi connectivity index (χ0n) is 14.0. The van der Waals surface area contributed by atoms with E-state index in [4.69, 9.17) is 16.0 Å². The van der Waals surface area contributed by atoms with Crippen LogP contribution in [0.15, 0.2) is 59.0 Å². The number of rotatable bonds is 3. The SMILES string of the molecule is Cc1ccc(-c2ccc(/C=C(\C#N)c3nc4ccccc4[nH]3)o2)cc1Cl. The topological polar surface area (TPSA) is 65.6 Å². The normalized spacial score (nSPS) is 11.7. The molecule has 0 amide bonds. The maximum Gasteiger partial charge on any atom is 0.149 e. The van der Waals surface area contributed by atoms with Crippen molar-refractivity contribution in [3.8, 4) is 17.4 Å². The van der Waals surface area contributed by atoms with Crippen molar-refractivity contribution in [2.75, 3.05) is 0 Å². The van der Waals surface area contributed by atoms with Crippen molar-refractivity contribution in [3.63, 3.8) is 0 Å². The minimum atomic E-state index is 0.407. The van der Waals surface area contributed by atoms with Crippen LogP contribution in [0.1, 0.15) is 17.1 Å². The quantitative estimate of drug-likeness (QED) is 0.466. The second-order valence-corrected chi connectivity index (χ2v) is 6.35. The number of nitrogens with one attached hydrogen (secondary N) is 1. The van der Waals surface area contributed by atoms with Crippen LogP contribution in [0.25, 0.3) is 34.0 Å². The van der Waals surface area contributed by atoms with E-state index in [9.17, 15) is 5.26 Å². The standard InChI is InChI=1S/C21H14ClN3O/c1-13-6-7-14(11-17(13)22)20-9-8-16(26-20)10-15(12-23)21-24-18-4-2-3-5-19(18)25-21/h2-11H,1H3,(H,24,25)/b15-10+. The summed E-state index contributed by atoms with van der Waals surface area (Å²) in [6.07, 6.45) is 1.68. The molecule has 4 nitrogen and oxygen atoms in total. The molecule has 0 bridgehead atoms. The number of nitrogens with zero attached hydrogens (tertiary/aromatic N) is 2. The summed E-state index contributed by atoms with van der Waals surface area (Å²) in [6.45, 7) is 1.95. The van der Waals surface area contributed by atoms with Crippen LogP contribution in [-0.2, 0) is 0 Å². The van der Waals surface area contributed by atoms with Crippen molar-refractivity contribution in [1.29, 1.82) is 5.26 Å². The van der Waals surface area contributed by atoms with Gasteiger partial charge in [0.15, 0.2) is 0 Å². The molecule has 0 radical (unpaired) electrons. The highest BCUT2D eigenvalue weighted by Gasteiger charge is 2.10. The average molecular weight is 360 g/mol. The van der Waals surface area contributed by atoms with Gasteiger partial charge >= 0.3 is 0 Å². The summed E-state index contributed by atoms with van der Waals surface area (Å²) in [5, 5.41) is 10.2. The van der Waals surface area contributed by atoms with E-state index in [-0.39, 0.29) is 0 Å². The predicted molar refractivity (Wildman–Crippen MR) is 103 cm³/mol. The van der Waals surface area contributed by atoms with Gasteiger partial charge in [-0.25, -0.2) is 4.98 Å². The second kappa shape index (κ2) is 6.55. The fourth-order valence-corrected chi connectivity index (χ4v) is 2.89. The number of halogens is 1. The summed E-state index contributed by atoms with van der Waals surface area (Å²) in [7, 11) is 0. The zero-order chi connectivity index (χ0) is 18.1. The smallest absolute Gasteiger partial charge is 0.149 e. The molecule has 2 aromatic carbocycles. The van der Waals surface area contributed by atoms with E-state index in [1.165, 1.54) is 0 Å². The lowest BCUT2D eigenvalue weighted by Crippen LogP contribution is -1.84. The number of para-hydroxylation sites is 2. The lowest BCUT2D eigenvalue weighted by atomic mass is 10.1. The molecule has 2 heterocycles. The largest absolute Gasteiger partial charge is 0.457 e. The average Bonchev–Trinajstić information content (AvgIpc) is 3.28. The van der Waals surface area contributed by atoms with Gasteiger partial charge in [-0.3, -0.25) is 0 Å². The molecular weight excluding hydrogens is 346 g/mol. The summed E-state index contributed by atoms with van der Waals surface area (Å²) in [5.74, 6) is 1.79. The minimum absolute atomic E-state index is 0.407. The first-order valence-corrected chi connectivity index (χ1v) is 8.45. The molecule has 0 aliphatic carbocycles. The van der Waals surface area contributed by atoms with Gasteiger partial charge in [0.05, 0.1) is 16.6 Å². The van der Waals surface area contributed by atoms with E-state index in [0.29, 0.717) is 27.9 Å². The Hall–Kier alpha value is -3.29. The van der Waals surface area contributed by atoms with Gasteiger partial charge in [-0.15, -0.1) is 0 Å². The minimum Gasteiger partial charge on any atom is -0.457 e. The van der Waals surface area contributed by atoms with Gasteiger partial charge in [-0.1, -0.05) is 35.9 Å². The summed E-state index contributed by atoms with van der Waals surface area (Å²) < 4.78 is 5.86. The van der Waals surface area contributed by atoms with Crippen LogP contribution < -0.4 is 0 Å². The van der Waals surface area contributed by atoms with E-state index in [0.717, 1.165) is 22.2 Å². The van der Waals surface area contributed by atoms with Crippen LogP contribution in [0, 0.1) is 18.3 Å². The summed E-state index contributed by atoms with van der Waals surface area (Å²) in [6, 6.07) is 19.3. The second-order valence-electron chi connectivity index (χ2n) is 5.94. The molecule has 4 rings (SSSR count). The molecule has 0 aliphatic rings. The van der Waals surface area contributed by atoms with Crippen LogP contribution in [0.2, 0.25) is 5.02 Å². The maximum absolute atomic E-state index is 9.52. The molecule has 26 heavy (non-hydrogen) atoms. The first-order valence-electron chi connectivity index (χ1n) is 8.07. The molecule has 0 atom stereocenters. The third-order valence-corrected chi connectivity index (χ3v) is 4.54. The van der Waals surface area contributed by atoms with E-state index in [1.54, 1.807) is 6.08 Å². The highest BCUT2D eigenvalue weighted by atomic mass is 35.5. The van der Waals surface area contributed by atoms with Crippen LogP contribution in [0.5, 0.6) is 0 Å². The van der Waals surface area contributed by atoms with Gasteiger partial charge in [-0.05, 0) is 42.8 Å². The number of hydrogen-bond acceptors (Lipinski definition) is 3. The summed E-state index contributed by atoms with van der Waals surface area (Å²) in [5.41, 5.74) is 4.02. The summed E-state index contributed by atoms with van der Waals surface area (Å²) in [4.78, 5) is 7.62. The van der Waals surface area contributed by atoms with Crippen molar-refractivity contribution in [2.45, 2.75) is 6.92 Å². The Morgan fingerprint density at radius 1 is 1.19 bits per heavy atom. The van der Waals surface area contributed by atoms with Crippen molar-refractivity contribution in [2.24, 2.45) is 0 Å². The predicted octanol–water partition coefficient (Wildman–Crippen LogP) is 5.85. The van der Waals surface area contributed by atoms with E-state index in [2.05, 4.69) is 16.0 Å². The Bertz CT molecular complexity index is 1140. The fraction of sp³-hybridized carbons (Fsp3) is 0.0476. The number of aromatic amines is 1.